The minimum atomic E-state index is -0.283. The molecule has 0 aliphatic carbocycles. The van der Waals surface area contributed by atoms with E-state index in [0.717, 1.165) is 23.4 Å². The highest BCUT2D eigenvalue weighted by Gasteiger charge is 2.17. The molecule has 1 aromatic heterocycles. The molecule has 1 amide bonds. The number of benzene rings is 1. The molecule has 2 aromatic rings. The van der Waals surface area contributed by atoms with Crippen molar-refractivity contribution in [3.05, 3.63) is 59.2 Å². The quantitative estimate of drug-likeness (QED) is 0.825. The maximum absolute atomic E-state index is 13.9. The average molecular weight is 357 g/mol. The molecular formula is C20H24FN3O2. The number of hydrogen-bond donors (Lipinski definition) is 0. The number of aryl methyl sites for hydroxylation is 1. The Labute approximate surface area is 153 Å². The van der Waals surface area contributed by atoms with Crippen LogP contribution in [0.4, 0.5) is 4.39 Å². The fourth-order valence-corrected chi connectivity index (χ4v) is 3.04. The number of hydrogen-bond acceptors (Lipinski definition) is 4. The number of amides is 1. The molecule has 1 aliphatic heterocycles. The number of carbonyl (C=O) groups is 1. The van der Waals surface area contributed by atoms with Crippen LogP contribution in [0.3, 0.4) is 0 Å². The summed E-state index contributed by atoms with van der Waals surface area (Å²) in [6, 6.07) is 7.80. The summed E-state index contributed by atoms with van der Waals surface area (Å²) in [4.78, 5) is 19.4. The van der Waals surface area contributed by atoms with E-state index in [9.17, 15) is 9.18 Å². The monoisotopic (exact) mass is 357 g/mol. The van der Waals surface area contributed by atoms with Crippen molar-refractivity contribution < 1.29 is 13.9 Å². The van der Waals surface area contributed by atoms with Gasteiger partial charge in [-0.05, 0) is 24.1 Å². The normalized spacial score (nSPS) is 14.3. The van der Waals surface area contributed by atoms with Gasteiger partial charge in [0.25, 0.3) is 0 Å². The van der Waals surface area contributed by atoms with Gasteiger partial charge in [0.1, 0.15) is 18.2 Å². The molecule has 26 heavy (non-hydrogen) atoms. The zero-order valence-electron chi connectivity index (χ0n) is 15.2. The van der Waals surface area contributed by atoms with Crippen LogP contribution in [0.1, 0.15) is 23.1 Å². The highest BCUT2D eigenvalue weighted by molar-refractivity contribution is 5.75. The van der Waals surface area contributed by atoms with Gasteiger partial charge in [0.05, 0.1) is 6.20 Å². The predicted octanol–water partition coefficient (Wildman–Crippen LogP) is 2.64. The molecule has 0 N–H and O–H groups in total. The molecule has 1 aromatic carbocycles. The van der Waals surface area contributed by atoms with Gasteiger partial charge in [-0.3, -0.25) is 14.7 Å². The Bertz CT molecular complexity index is 779. The molecule has 138 valence electrons. The lowest BCUT2D eigenvalue weighted by Gasteiger charge is -2.19. The van der Waals surface area contributed by atoms with E-state index in [1.54, 1.807) is 31.3 Å². The number of pyridine rings is 1. The van der Waals surface area contributed by atoms with Crippen molar-refractivity contribution in [3.63, 3.8) is 0 Å². The molecule has 5 nitrogen and oxygen atoms in total. The van der Waals surface area contributed by atoms with E-state index in [1.807, 2.05) is 12.1 Å². The Morgan fingerprint density at radius 1 is 1.35 bits per heavy atom. The molecule has 0 fully saturated rings. The van der Waals surface area contributed by atoms with Crippen molar-refractivity contribution in [1.82, 2.24) is 14.8 Å². The van der Waals surface area contributed by atoms with Crippen molar-refractivity contribution >= 4 is 5.91 Å². The van der Waals surface area contributed by atoms with Crippen LogP contribution in [0, 0.1) is 5.82 Å². The van der Waals surface area contributed by atoms with Crippen molar-refractivity contribution in [2.45, 2.75) is 25.9 Å². The van der Waals surface area contributed by atoms with Gasteiger partial charge in [-0.2, -0.15) is 0 Å². The molecule has 0 spiro atoms. The number of ether oxygens (including phenoxy) is 1. The first-order valence-electron chi connectivity index (χ1n) is 8.78. The molecule has 2 heterocycles. The highest BCUT2D eigenvalue weighted by atomic mass is 19.1. The Morgan fingerprint density at radius 3 is 2.96 bits per heavy atom. The molecule has 0 bridgehead atoms. The number of halogens is 1. The third-order valence-electron chi connectivity index (χ3n) is 4.56. The van der Waals surface area contributed by atoms with E-state index in [1.165, 1.54) is 6.20 Å². The lowest BCUT2D eigenvalue weighted by Crippen LogP contribution is -2.25. The maximum atomic E-state index is 13.9. The summed E-state index contributed by atoms with van der Waals surface area (Å²) >= 11 is 0. The topological polar surface area (TPSA) is 45.7 Å². The van der Waals surface area contributed by atoms with Crippen molar-refractivity contribution in [2.24, 2.45) is 0 Å². The second-order valence-corrected chi connectivity index (χ2v) is 6.76. The van der Waals surface area contributed by atoms with Crippen molar-refractivity contribution in [1.29, 1.82) is 0 Å². The fourth-order valence-electron chi connectivity index (χ4n) is 3.04. The van der Waals surface area contributed by atoms with E-state index >= 15 is 0 Å². The van der Waals surface area contributed by atoms with Crippen LogP contribution in [0.15, 0.2) is 36.7 Å². The maximum Gasteiger partial charge on any atom is 0.222 e. The smallest absolute Gasteiger partial charge is 0.222 e. The molecule has 0 atom stereocenters. The van der Waals surface area contributed by atoms with Gasteiger partial charge in [0, 0.05) is 57.5 Å². The Morgan fingerprint density at radius 2 is 2.19 bits per heavy atom. The van der Waals surface area contributed by atoms with Crippen LogP contribution in [0.25, 0.3) is 0 Å². The number of carbonyl (C=O) groups excluding carboxylic acids is 1. The van der Waals surface area contributed by atoms with Crippen LogP contribution < -0.4 is 4.74 Å². The molecule has 0 saturated heterocycles. The van der Waals surface area contributed by atoms with Gasteiger partial charge in [-0.1, -0.05) is 12.1 Å². The van der Waals surface area contributed by atoms with E-state index in [4.69, 9.17) is 4.74 Å². The predicted molar refractivity (Wildman–Crippen MR) is 97.3 cm³/mol. The summed E-state index contributed by atoms with van der Waals surface area (Å²) in [6.45, 7) is 2.50. The third-order valence-corrected chi connectivity index (χ3v) is 4.56. The molecule has 1 aliphatic rings. The van der Waals surface area contributed by atoms with Crippen molar-refractivity contribution in [2.75, 3.05) is 27.2 Å². The van der Waals surface area contributed by atoms with Crippen LogP contribution in [-0.4, -0.2) is 47.9 Å². The zero-order chi connectivity index (χ0) is 18.5. The second-order valence-electron chi connectivity index (χ2n) is 6.76. The van der Waals surface area contributed by atoms with Crippen molar-refractivity contribution in [3.8, 4) is 5.75 Å². The Kier molecular flexibility index (Phi) is 5.83. The summed E-state index contributed by atoms with van der Waals surface area (Å²) in [5.41, 5.74) is 2.82. The SMILES string of the molecule is CN(C)C(=O)CCc1ccc2c(c1)CN(Cc1ccncc1F)CCO2. The lowest BCUT2D eigenvalue weighted by molar-refractivity contribution is -0.128. The van der Waals surface area contributed by atoms with Gasteiger partial charge in [0.15, 0.2) is 0 Å². The summed E-state index contributed by atoms with van der Waals surface area (Å²) < 4.78 is 19.7. The first-order valence-corrected chi connectivity index (χ1v) is 8.78. The summed E-state index contributed by atoms with van der Waals surface area (Å²) in [7, 11) is 3.53. The summed E-state index contributed by atoms with van der Waals surface area (Å²) in [5, 5.41) is 0. The molecule has 0 radical (unpaired) electrons. The summed E-state index contributed by atoms with van der Waals surface area (Å²) in [6.07, 6.45) is 4.04. The van der Waals surface area contributed by atoms with Crippen LogP contribution >= 0.6 is 0 Å². The number of rotatable bonds is 5. The second kappa shape index (κ2) is 8.27. The first-order chi connectivity index (χ1) is 12.5. The van der Waals surface area contributed by atoms with Crippen LogP contribution in [0.5, 0.6) is 5.75 Å². The first kappa shape index (κ1) is 18.3. The number of aromatic nitrogens is 1. The molecule has 0 unspecified atom stereocenters. The van der Waals surface area contributed by atoms with E-state index < -0.39 is 0 Å². The lowest BCUT2D eigenvalue weighted by atomic mass is 10.0. The fraction of sp³-hybridized carbons (Fsp3) is 0.400. The largest absolute Gasteiger partial charge is 0.492 e. The average Bonchev–Trinajstić information content (AvgIpc) is 2.82. The van der Waals surface area contributed by atoms with Crippen LogP contribution in [0.2, 0.25) is 0 Å². The van der Waals surface area contributed by atoms with Gasteiger partial charge in [0.2, 0.25) is 5.91 Å². The number of fused-ring (bicyclic) bond motifs is 1. The standard InChI is InChI=1S/C20H24FN3O2/c1-23(2)20(25)6-4-15-3-5-19-17(11-15)14-24(9-10-26-19)13-16-7-8-22-12-18(16)21/h3,5,7-8,11-12H,4,6,9-10,13-14H2,1-2H3. The molecular weight excluding hydrogens is 333 g/mol. The molecule has 6 heteroatoms. The van der Waals surface area contributed by atoms with Gasteiger partial charge in [-0.25, -0.2) is 4.39 Å². The minimum absolute atomic E-state index is 0.117. The zero-order valence-corrected chi connectivity index (χ0v) is 15.2. The summed E-state index contributed by atoms with van der Waals surface area (Å²) in [5.74, 6) is 0.699. The van der Waals surface area contributed by atoms with E-state index in [-0.39, 0.29) is 11.7 Å². The number of nitrogens with zero attached hydrogens (tertiary/aromatic N) is 3. The minimum Gasteiger partial charge on any atom is -0.492 e. The molecule has 0 saturated carbocycles. The van der Waals surface area contributed by atoms with Gasteiger partial charge in [-0.15, -0.1) is 0 Å². The van der Waals surface area contributed by atoms with E-state index in [2.05, 4.69) is 16.0 Å². The van der Waals surface area contributed by atoms with Crippen LogP contribution in [-0.2, 0) is 24.3 Å². The van der Waals surface area contributed by atoms with E-state index in [0.29, 0.717) is 38.1 Å². The van der Waals surface area contributed by atoms with Gasteiger partial charge >= 0.3 is 0 Å². The van der Waals surface area contributed by atoms with Gasteiger partial charge < -0.3 is 9.64 Å². The third kappa shape index (κ3) is 4.58. The Balaban J connectivity index is 1.70. The highest BCUT2D eigenvalue weighted by Crippen LogP contribution is 2.26. The molecule has 3 rings (SSSR count). The Hall–Kier alpha value is -2.47.